The number of hydrogen-bond donors (Lipinski definition) is 1. The lowest BCUT2D eigenvalue weighted by atomic mass is 10.2. The number of aliphatic hydroxyl groups is 1. The van der Waals surface area contributed by atoms with Crippen molar-refractivity contribution in [3.8, 4) is 0 Å². The Kier molecular flexibility index (Phi) is 6.61. The van der Waals surface area contributed by atoms with Crippen molar-refractivity contribution in [3.05, 3.63) is 12.2 Å². The second-order valence-electron chi connectivity index (χ2n) is 3.44. The van der Waals surface area contributed by atoms with Crippen LogP contribution in [0.5, 0.6) is 0 Å². The maximum absolute atomic E-state index is 10.2. The van der Waals surface area contributed by atoms with Crippen LogP contribution < -0.4 is 0 Å². The number of carbonyl (C=O) groups is 1. The number of methoxy groups -OCH3 is 1. The predicted octanol–water partition coefficient (Wildman–Crippen LogP) is 1.51. The van der Waals surface area contributed by atoms with E-state index in [1.807, 2.05) is 0 Å². The highest BCUT2D eigenvalue weighted by molar-refractivity contribution is 5.86. The van der Waals surface area contributed by atoms with E-state index in [1.165, 1.54) is 7.11 Å². The molecule has 0 aromatic rings. The number of rotatable bonds is 1. The molecule has 3 nitrogen and oxygen atoms in total. The van der Waals surface area contributed by atoms with Gasteiger partial charge in [-0.15, -0.1) is 0 Å². The zero-order chi connectivity index (χ0) is 10.4. The van der Waals surface area contributed by atoms with E-state index in [0.717, 1.165) is 0 Å². The van der Waals surface area contributed by atoms with Gasteiger partial charge in [-0.1, -0.05) is 6.58 Å². The van der Waals surface area contributed by atoms with Gasteiger partial charge < -0.3 is 9.84 Å². The third-order valence-electron chi connectivity index (χ3n) is 0.534. The molecule has 0 saturated carbocycles. The molecular weight excluding hydrogens is 156 g/mol. The van der Waals surface area contributed by atoms with Gasteiger partial charge in [0.1, 0.15) is 0 Å². The summed E-state index contributed by atoms with van der Waals surface area (Å²) in [5, 5.41) is 8.52. The summed E-state index contributed by atoms with van der Waals surface area (Å²) in [7, 11) is 1.33. The van der Waals surface area contributed by atoms with Gasteiger partial charge in [-0.2, -0.15) is 0 Å². The highest BCUT2D eigenvalue weighted by Crippen LogP contribution is 1.93. The molecule has 0 aliphatic heterocycles. The zero-order valence-electron chi connectivity index (χ0n) is 8.47. The van der Waals surface area contributed by atoms with E-state index in [0.29, 0.717) is 5.57 Å². The molecule has 0 amide bonds. The Morgan fingerprint density at radius 1 is 1.42 bits per heavy atom. The lowest BCUT2D eigenvalue weighted by Crippen LogP contribution is -2.10. The van der Waals surface area contributed by atoms with Crippen molar-refractivity contribution in [3.63, 3.8) is 0 Å². The van der Waals surface area contributed by atoms with E-state index in [1.54, 1.807) is 27.7 Å². The van der Waals surface area contributed by atoms with E-state index in [-0.39, 0.29) is 5.97 Å². The summed E-state index contributed by atoms with van der Waals surface area (Å²) in [4.78, 5) is 10.2. The number of ether oxygens (including phenoxy) is 1. The largest absolute Gasteiger partial charge is 0.466 e. The molecular formula is C9H18O3. The first-order chi connectivity index (χ1) is 5.18. The molecule has 0 aromatic carbocycles. The highest BCUT2D eigenvalue weighted by Gasteiger charge is 1.98. The Morgan fingerprint density at radius 3 is 1.67 bits per heavy atom. The van der Waals surface area contributed by atoms with Gasteiger partial charge in [-0.25, -0.2) is 4.79 Å². The van der Waals surface area contributed by atoms with E-state index in [2.05, 4.69) is 11.3 Å². The average Bonchev–Trinajstić information content (AvgIpc) is 1.82. The van der Waals surface area contributed by atoms with Crippen LogP contribution in [-0.2, 0) is 9.53 Å². The summed E-state index contributed by atoms with van der Waals surface area (Å²) in [6.07, 6.45) is 0. The summed E-state index contributed by atoms with van der Waals surface area (Å²) in [6.45, 7) is 10.2. The molecule has 0 bridgehead atoms. The zero-order valence-corrected chi connectivity index (χ0v) is 8.47. The van der Waals surface area contributed by atoms with Crippen molar-refractivity contribution in [2.24, 2.45) is 0 Å². The lowest BCUT2D eigenvalue weighted by Gasteiger charge is -2.04. The predicted molar refractivity (Wildman–Crippen MR) is 48.8 cm³/mol. The van der Waals surface area contributed by atoms with E-state index in [4.69, 9.17) is 5.11 Å². The quantitative estimate of drug-likeness (QED) is 0.484. The number of carbonyl (C=O) groups excluding carboxylic acids is 1. The smallest absolute Gasteiger partial charge is 0.332 e. The van der Waals surface area contributed by atoms with Gasteiger partial charge in [-0.3, -0.25) is 0 Å². The lowest BCUT2D eigenvalue weighted by molar-refractivity contribution is -0.136. The molecule has 12 heavy (non-hydrogen) atoms. The van der Waals surface area contributed by atoms with Crippen LogP contribution in [0.1, 0.15) is 27.7 Å². The van der Waals surface area contributed by atoms with Crippen LogP contribution >= 0.6 is 0 Å². The minimum atomic E-state index is -0.500. The van der Waals surface area contributed by atoms with Gasteiger partial charge in [-0.05, 0) is 27.7 Å². The van der Waals surface area contributed by atoms with Crippen molar-refractivity contribution in [2.45, 2.75) is 33.3 Å². The Morgan fingerprint density at radius 2 is 1.67 bits per heavy atom. The molecule has 0 spiro atoms. The molecule has 0 heterocycles. The van der Waals surface area contributed by atoms with E-state index >= 15 is 0 Å². The Hall–Kier alpha value is -0.830. The van der Waals surface area contributed by atoms with Crippen LogP contribution in [0.4, 0.5) is 0 Å². The van der Waals surface area contributed by atoms with Crippen molar-refractivity contribution in [1.29, 1.82) is 0 Å². The molecule has 0 aliphatic carbocycles. The first kappa shape index (κ1) is 13.7. The van der Waals surface area contributed by atoms with Gasteiger partial charge >= 0.3 is 5.97 Å². The third kappa shape index (κ3) is 22.9. The van der Waals surface area contributed by atoms with Crippen LogP contribution in [0.15, 0.2) is 12.2 Å². The van der Waals surface area contributed by atoms with Crippen LogP contribution in [0.3, 0.4) is 0 Å². The minimum Gasteiger partial charge on any atom is -0.466 e. The molecule has 0 aromatic heterocycles. The minimum absolute atomic E-state index is 0.347. The first-order valence-corrected chi connectivity index (χ1v) is 3.64. The van der Waals surface area contributed by atoms with E-state index < -0.39 is 5.60 Å². The Labute approximate surface area is 74.0 Å². The maximum atomic E-state index is 10.2. The van der Waals surface area contributed by atoms with Crippen molar-refractivity contribution < 1.29 is 14.6 Å². The molecule has 3 heteroatoms. The fourth-order valence-corrected chi connectivity index (χ4v) is 0.174. The van der Waals surface area contributed by atoms with Crippen molar-refractivity contribution in [2.75, 3.05) is 7.11 Å². The van der Waals surface area contributed by atoms with Crippen molar-refractivity contribution >= 4 is 5.97 Å². The van der Waals surface area contributed by atoms with Crippen LogP contribution in [0.2, 0.25) is 0 Å². The fraction of sp³-hybridized carbons (Fsp3) is 0.667. The summed E-state index contributed by atoms with van der Waals surface area (Å²) in [5.41, 5.74) is -0.0671. The standard InChI is InChI=1S/C5H8O2.C4H10O/c1-4(2)5(6)7-3;1-4(2,3)5/h1H2,2-3H3;5H,1-3H3. The monoisotopic (exact) mass is 174 g/mol. The summed E-state index contributed by atoms with van der Waals surface area (Å²) >= 11 is 0. The van der Waals surface area contributed by atoms with Gasteiger partial charge in [0.25, 0.3) is 0 Å². The van der Waals surface area contributed by atoms with Gasteiger partial charge in [0.2, 0.25) is 0 Å². The second kappa shape index (κ2) is 5.77. The van der Waals surface area contributed by atoms with Crippen LogP contribution in [0, 0.1) is 0 Å². The Bertz CT molecular complexity index is 148. The number of hydrogen-bond acceptors (Lipinski definition) is 3. The SMILES string of the molecule is C=C(C)C(=O)OC.CC(C)(C)O. The fourth-order valence-electron chi connectivity index (χ4n) is 0.174. The summed E-state index contributed by atoms with van der Waals surface area (Å²) in [5.74, 6) is -0.347. The summed E-state index contributed by atoms with van der Waals surface area (Å²) in [6, 6.07) is 0. The summed E-state index contributed by atoms with van der Waals surface area (Å²) < 4.78 is 4.27. The maximum Gasteiger partial charge on any atom is 0.332 e. The van der Waals surface area contributed by atoms with Gasteiger partial charge in [0, 0.05) is 5.57 Å². The molecule has 1 N–H and O–H groups in total. The Balaban J connectivity index is 0. The van der Waals surface area contributed by atoms with Gasteiger partial charge in [0.05, 0.1) is 12.7 Å². The van der Waals surface area contributed by atoms with E-state index in [9.17, 15) is 4.79 Å². The normalized spacial score (nSPS) is 9.50. The molecule has 0 unspecified atom stereocenters. The molecule has 0 fully saturated rings. The van der Waals surface area contributed by atoms with Crippen LogP contribution in [-0.4, -0.2) is 23.8 Å². The third-order valence-corrected chi connectivity index (χ3v) is 0.534. The highest BCUT2D eigenvalue weighted by atomic mass is 16.5. The molecule has 0 aliphatic rings. The first-order valence-electron chi connectivity index (χ1n) is 3.64. The van der Waals surface area contributed by atoms with Gasteiger partial charge in [0.15, 0.2) is 0 Å². The molecule has 0 radical (unpaired) electrons. The average molecular weight is 174 g/mol. The topological polar surface area (TPSA) is 46.5 Å². The molecule has 0 saturated heterocycles. The molecule has 72 valence electrons. The molecule has 0 atom stereocenters. The van der Waals surface area contributed by atoms with Crippen LogP contribution in [0.25, 0.3) is 0 Å². The second-order valence-corrected chi connectivity index (χ2v) is 3.44. The molecule has 0 rings (SSSR count). The van der Waals surface area contributed by atoms with Crippen molar-refractivity contribution in [1.82, 2.24) is 0 Å². The number of esters is 1.